The van der Waals surface area contributed by atoms with Crippen molar-refractivity contribution < 1.29 is 4.42 Å². The van der Waals surface area contributed by atoms with Crippen LogP contribution in [0.4, 0.5) is 0 Å². The van der Waals surface area contributed by atoms with Crippen molar-refractivity contribution in [1.82, 2.24) is 0 Å². The summed E-state index contributed by atoms with van der Waals surface area (Å²) in [6.45, 7) is 1.99. The Labute approximate surface area is 111 Å². The monoisotopic (exact) mass is 255 g/mol. The third-order valence-electron chi connectivity index (χ3n) is 3.04. The van der Waals surface area contributed by atoms with Crippen molar-refractivity contribution in [2.75, 3.05) is 0 Å². The second-order valence-corrected chi connectivity index (χ2v) is 4.61. The van der Waals surface area contributed by atoms with Crippen LogP contribution < -0.4 is 0 Å². The molecular weight excluding hydrogens is 244 g/mol. The van der Waals surface area contributed by atoms with Crippen LogP contribution >= 0.6 is 11.6 Å². The maximum atomic E-state index is 6.42. The molecule has 2 aromatic carbocycles. The van der Waals surface area contributed by atoms with E-state index in [4.69, 9.17) is 16.0 Å². The standard InChI is InChI=1S/C16H12ClO/c1-11-15(17)13-9-5-6-10-14(13)18-16(11)12-7-3-2-4-8-12/h2-10H,1H3/q+1. The fraction of sp³-hybridized carbons (Fsp3) is 0.0625. The molecule has 3 aromatic rings. The number of rotatable bonds is 1. The van der Waals surface area contributed by atoms with Crippen LogP contribution in [0.15, 0.2) is 59.0 Å². The third-order valence-corrected chi connectivity index (χ3v) is 3.53. The van der Waals surface area contributed by atoms with E-state index < -0.39 is 0 Å². The lowest BCUT2D eigenvalue weighted by Gasteiger charge is -2.00. The van der Waals surface area contributed by atoms with Crippen LogP contribution in [0.2, 0.25) is 5.02 Å². The molecule has 0 unspecified atom stereocenters. The van der Waals surface area contributed by atoms with E-state index in [1.165, 1.54) is 0 Å². The summed E-state index contributed by atoms with van der Waals surface area (Å²) < 4.78 is 5.98. The van der Waals surface area contributed by atoms with Gasteiger partial charge in [-0.1, -0.05) is 41.9 Å². The van der Waals surface area contributed by atoms with Crippen molar-refractivity contribution in [2.24, 2.45) is 0 Å². The summed E-state index contributed by atoms with van der Waals surface area (Å²) in [6.07, 6.45) is 0. The number of hydrogen-bond donors (Lipinski definition) is 0. The zero-order valence-electron chi connectivity index (χ0n) is 9.98. The van der Waals surface area contributed by atoms with E-state index >= 15 is 0 Å². The molecule has 0 spiro atoms. The average molecular weight is 256 g/mol. The van der Waals surface area contributed by atoms with Crippen LogP contribution in [0.1, 0.15) is 5.56 Å². The summed E-state index contributed by atoms with van der Waals surface area (Å²) in [6, 6.07) is 17.9. The fourth-order valence-electron chi connectivity index (χ4n) is 2.09. The van der Waals surface area contributed by atoms with Crippen molar-refractivity contribution >= 4 is 22.6 Å². The predicted octanol–water partition coefficient (Wildman–Crippen LogP) is 5.34. The van der Waals surface area contributed by atoms with Gasteiger partial charge in [0.25, 0.3) is 0 Å². The Kier molecular flexibility index (Phi) is 2.77. The smallest absolute Gasteiger partial charge is 0.206 e. The van der Waals surface area contributed by atoms with E-state index in [0.29, 0.717) is 0 Å². The first-order chi connectivity index (χ1) is 8.77. The summed E-state index contributed by atoms with van der Waals surface area (Å²) in [7, 11) is 0. The number of halogens is 1. The topological polar surface area (TPSA) is 11.3 Å². The first-order valence-corrected chi connectivity index (χ1v) is 6.21. The Morgan fingerprint density at radius 2 is 1.56 bits per heavy atom. The third kappa shape index (κ3) is 1.77. The minimum atomic E-state index is 0.760. The van der Waals surface area contributed by atoms with Gasteiger partial charge in [-0.25, -0.2) is 4.42 Å². The normalized spacial score (nSPS) is 10.8. The van der Waals surface area contributed by atoms with Gasteiger partial charge in [-0.3, -0.25) is 0 Å². The van der Waals surface area contributed by atoms with Gasteiger partial charge in [-0.2, -0.15) is 0 Å². The van der Waals surface area contributed by atoms with E-state index in [1.54, 1.807) is 0 Å². The zero-order chi connectivity index (χ0) is 12.5. The van der Waals surface area contributed by atoms with Gasteiger partial charge in [0.15, 0.2) is 0 Å². The minimum absolute atomic E-state index is 0.760. The highest BCUT2D eigenvalue weighted by Crippen LogP contribution is 2.34. The molecule has 0 saturated carbocycles. The molecule has 0 N–H and O–H groups in total. The van der Waals surface area contributed by atoms with Crippen LogP contribution in [0.5, 0.6) is 0 Å². The second kappa shape index (κ2) is 4.43. The molecule has 1 aromatic heterocycles. The van der Waals surface area contributed by atoms with Gasteiger partial charge < -0.3 is 0 Å². The molecule has 1 nitrogen and oxygen atoms in total. The summed E-state index contributed by atoms with van der Waals surface area (Å²) in [5, 5.41) is 1.71. The molecule has 18 heavy (non-hydrogen) atoms. The summed E-state index contributed by atoms with van der Waals surface area (Å²) in [4.78, 5) is 0. The summed E-state index contributed by atoms with van der Waals surface area (Å²) in [5.74, 6) is 0.833. The first-order valence-electron chi connectivity index (χ1n) is 5.84. The van der Waals surface area contributed by atoms with E-state index in [9.17, 15) is 0 Å². The highest BCUT2D eigenvalue weighted by Gasteiger charge is 2.22. The molecule has 0 atom stereocenters. The molecule has 0 aliphatic carbocycles. The molecule has 0 amide bonds. The van der Waals surface area contributed by atoms with Gasteiger partial charge in [0.1, 0.15) is 0 Å². The van der Waals surface area contributed by atoms with Crippen LogP contribution in [0, 0.1) is 6.92 Å². The Hall–Kier alpha value is -1.86. The lowest BCUT2D eigenvalue weighted by atomic mass is 10.1. The van der Waals surface area contributed by atoms with Crippen molar-refractivity contribution in [3.63, 3.8) is 0 Å². The van der Waals surface area contributed by atoms with E-state index in [2.05, 4.69) is 0 Å². The van der Waals surface area contributed by atoms with Crippen LogP contribution in [-0.2, 0) is 0 Å². The molecule has 0 radical (unpaired) electrons. The molecule has 3 rings (SSSR count). The predicted molar refractivity (Wildman–Crippen MR) is 75.8 cm³/mol. The van der Waals surface area contributed by atoms with Crippen LogP contribution in [0.3, 0.4) is 0 Å². The number of hydrogen-bond acceptors (Lipinski definition) is 0. The van der Waals surface area contributed by atoms with Gasteiger partial charge in [0, 0.05) is 6.07 Å². The van der Waals surface area contributed by atoms with Crippen molar-refractivity contribution in [2.45, 2.75) is 6.92 Å². The fourth-order valence-corrected chi connectivity index (χ4v) is 2.33. The maximum absolute atomic E-state index is 6.42. The molecule has 0 fully saturated rings. The van der Waals surface area contributed by atoms with E-state index in [0.717, 1.165) is 32.9 Å². The number of para-hydroxylation sites is 1. The quantitative estimate of drug-likeness (QED) is 0.534. The summed E-state index contributed by atoms with van der Waals surface area (Å²) in [5.41, 5.74) is 2.83. The van der Waals surface area contributed by atoms with Crippen LogP contribution in [0.25, 0.3) is 22.3 Å². The highest BCUT2D eigenvalue weighted by molar-refractivity contribution is 6.36. The van der Waals surface area contributed by atoms with Gasteiger partial charge in [-0.15, -0.1) is 0 Å². The average Bonchev–Trinajstić information content (AvgIpc) is 2.44. The van der Waals surface area contributed by atoms with Gasteiger partial charge in [-0.05, 0) is 25.1 Å². The summed E-state index contributed by atoms with van der Waals surface area (Å²) >= 11 is 6.42. The second-order valence-electron chi connectivity index (χ2n) is 4.23. The Bertz CT molecular complexity index is 705. The van der Waals surface area contributed by atoms with Crippen molar-refractivity contribution in [3.05, 3.63) is 65.2 Å². The zero-order valence-corrected chi connectivity index (χ0v) is 10.7. The Morgan fingerprint density at radius 1 is 0.889 bits per heavy atom. The molecular formula is C16H12ClO+. The molecule has 0 aliphatic rings. The van der Waals surface area contributed by atoms with Crippen molar-refractivity contribution in [3.8, 4) is 11.3 Å². The van der Waals surface area contributed by atoms with Crippen LogP contribution in [-0.4, -0.2) is 0 Å². The largest absolute Gasteiger partial charge is 0.365 e. The lowest BCUT2D eigenvalue weighted by molar-refractivity contribution is 0.616. The van der Waals surface area contributed by atoms with E-state index in [-0.39, 0.29) is 0 Å². The molecule has 1 heterocycles. The molecule has 2 heteroatoms. The lowest BCUT2D eigenvalue weighted by Crippen LogP contribution is -1.86. The maximum Gasteiger partial charge on any atom is 0.365 e. The highest BCUT2D eigenvalue weighted by atomic mass is 35.5. The minimum Gasteiger partial charge on any atom is -0.206 e. The van der Waals surface area contributed by atoms with Gasteiger partial charge in [0.05, 0.1) is 21.5 Å². The first kappa shape index (κ1) is 11.2. The molecule has 0 saturated heterocycles. The SMILES string of the molecule is Cc1c(-c2ccccc2)[o+]c2ccccc2c1Cl. The Morgan fingerprint density at radius 3 is 2.33 bits per heavy atom. The van der Waals surface area contributed by atoms with Gasteiger partial charge >= 0.3 is 11.3 Å². The van der Waals surface area contributed by atoms with Gasteiger partial charge in [0.2, 0.25) is 0 Å². The molecule has 0 bridgehead atoms. The molecule has 0 aliphatic heterocycles. The molecule has 88 valence electrons. The number of fused-ring (bicyclic) bond motifs is 1. The Balaban J connectivity index is 2.34. The number of benzene rings is 2. The van der Waals surface area contributed by atoms with E-state index in [1.807, 2.05) is 61.5 Å². The van der Waals surface area contributed by atoms with Crippen molar-refractivity contribution in [1.29, 1.82) is 0 Å².